The average Bonchev–Trinajstić information content (AvgIpc) is 3.19. The zero-order valence-corrected chi connectivity index (χ0v) is 19.0. The van der Waals surface area contributed by atoms with Crippen molar-refractivity contribution in [3.05, 3.63) is 87.8 Å². The van der Waals surface area contributed by atoms with Gasteiger partial charge in [0.25, 0.3) is 5.56 Å². The summed E-state index contributed by atoms with van der Waals surface area (Å²) in [6.45, 7) is 5.01. The molecular weight excluding hydrogens is 462 g/mol. The fourth-order valence-corrected chi connectivity index (χ4v) is 3.32. The predicted octanol–water partition coefficient (Wildman–Crippen LogP) is 2.86. The van der Waals surface area contributed by atoms with Crippen LogP contribution in [0, 0.1) is 25.5 Å². The lowest BCUT2D eigenvalue weighted by molar-refractivity contribution is 0.0511. The van der Waals surface area contributed by atoms with E-state index in [1.807, 2.05) is 0 Å². The summed E-state index contributed by atoms with van der Waals surface area (Å²) in [5, 5.41) is 4.40. The Labute approximate surface area is 197 Å². The summed E-state index contributed by atoms with van der Waals surface area (Å²) in [7, 11) is 0. The number of hydrogen-bond donors (Lipinski definition) is 0. The minimum absolute atomic E-state index is 0.0857. The van der Waals surface area contributed by atoms with Crippen LogP contribution in [0.3, 0.4) is 0 Å². The fourth-order valence-electron chi connectivity index (χ4n) is 3.32. The Balaban J connectivity index is 1.61. The molecule has 0 bridgehead atoms. The van der Waals surface area contributed by atoms with Crippen molar-refractivity contribution in [2.45, 2.75) is 27.4 Å². The predicted molar refractivity (Wildman–Crippen MR) is 119 cm³/mol. The second-order valence-electron chi connectivity index (χ2n) is 7.38. The molecule has 0 atom stereocenters. The van der Waals surface area contributed by atoms with Crippen molar-refractivity contribution in [3.63, 3.8) is 0 Å². The summed E-state index contributed by atoms with van der Waals surface area (Å²) in [6.07, 6.45) is 3.89. The Kier molecular flexibility index (Phi) is 6.62. The van der Waals surface area contributed by atoms with Crippen LogP contribution in [0.4, 0.5) is 8.78 Å². The van der Waals surface area contributed by atoms with Crippen molar-refractivity contribution in [3.8, 4) is 17.3 Å². The molecule has 12 heteroatoms. The summed E-state index contributed by atoms with van der Waals surface area (Å²) < 4.78 is 40.1. The van der Waals surface area contributed by atoms with Crippen molar-refractivity contribution in [2.75, 3.05) is 6.61 Å². The zero-order chi connectivity index (χ0) is 25.1. The highest BCUT2D eigenvalue weighted by Crippen LogP contribution is 2.19. The van der Waals surface area contributed by atoms with E-state index in [1.54, 1.807) is 39.1 Å². The topological polar surface area (TPSA) is 114 Å². The van der Waals surface area contributed by atoms with Crippen molar-refractivity contribution in [2.24, 2.45) is 0 Å². The van der Waals surface area contributed by atoms with Gasteiger partial charge in [0.05, 0.1) is 30.4 Å². The lowest BCUT2D eigenvalue weighted by Crippen LogP contribution is -2.20. The first-order valence-corrected chi connectivity index (χ1v) is 10.5. The summed E-state index contributed by atoms with van der Waals surface area (Å²) in [5.41, 5.74) is 1.04. The van der Waals surface area contributed by atoms with Gasteiger partial charge >= 0.3 is 5.97 Å². The second-order valence-corrected chi connectivity index (χ2v) is 7.38. The van der Waals surface area contributed by atoms with Crippen LogP contribution < -0.4 is 10.3 Å². The van der Waals surface area contributed by atoms with Gasteiger partial charge in [-0.15, -0.1) is 0 Å². The lowest BCUT2D eigenvalue weighted by Gasteiger charge is -2.12. The largest absolute Gasteiger partial charge is 0.487 e. The zero-order valence-electron chi connectivity index (χ0n) is 19.0. The minimum atomic E-state index is -0.839. The van der Waals surface area contributed by atoms with Gasteiger partial charge < -0.3 is 9.47 Å². The number of halogens is 2. The van der Waals surface area contributed by atoms with Crippen LogP contribution >= 0.6 is 0 Å². The van der Waals surface area contributed by atoms with Gasteiger partial charge in [0, 0.05) is 36.2 Å². The number of pyridine rings is 2. The molecule has 0 fully saturated rings. The summed E-state index contributed by atoms with van der Waals surface area (Å²) in [6, 6.07) is 5.12. The Morgan fingerprint density at radius 1 is 1.14 bits per heavy atom. The standard InChI is InChI=1S/C23H20F2N6O4/c1-4-34-23(33)22-26-6-5-20(28-22)30-11-19(14(3)29-30)31-13(2)7-16(9-21(31)32)35-12-18-17(25)8-15(24)10-27-18/h5-11H,4,12H2,1-3H3. The van der Waals surface area contributed by atoms with E-state index in [-0.39, 0.29) is 30.5 Å². The third-order valence-corrected chi connectivity index (χ3v) is 4.90. The average molecular weight is 482 g/mol. The molecule has 0 saturated carbocycles. The van der Waals surface area contributed by atoms with E-state index in [4.69, 9.17) is 9.47 Å². The normalized spacial score (nSPS) is 10.9. The third kappa shape index (κ3) is 5.05. The molecule has 0 aliphatic carbocycles. The maximum Gasteiger partial charge on any atom is 0.376 e. The van der Waals surface area contributed by atoms with Crippen LogP contribution in [0.2, 0.25) is 0 Å². The number of ether oxygens (including phenoxy) is 2. The number of aromatic nitrogens is 6. The van der Waals surface area contributed by atoms with Crippen LogP contribution in [0.15, 0.2) is 47.7 Å². The van der Waals surface area contributed by atoms with E-state index in [9.17, 15) is 18.4 Å². The number of esters is 1. The van der Waals surface area contributed by atoms with Crippen molar-refractivity contribution in [1.82, 2.24) is 29.3 Å². The minimum Gasteiger partial charge on any atom is -0.487 e. The maximum atomic E-state index is 13.8. The fraction of sp³-hybridized carbons (Fsp3) is 0.217. The smallest absolute Gasteiger partial charge is 0.376 e. The molecule has 0 aromatic carbocycles. The van der Waals surface area contributed by atoms with Crippen LogP contribution in [-0.2, 0) is 11.3 Å². The van der Waals surface area contributed by atoms with Gasteiger partial charge in [0.15, 0.2) is 11.6 Å². The Morgan fingerprint density at radius 2 is 1.94 bits per heavy atom. The monoisotopic (exact) mass is 482 g/mol. The number of carbonyl (C=O) groups is 1. The van der Waals surface area contributed by atoms with E-state index in [2.05, 4.69) is 20.1 Å². The number of carbonyl (C=O) groups excluding carboxylic acids is 1. The second kappa shape index (κ2) is 9.79. The molecule has 4 aromatic heterocycles. The highest BCUT2D eigenvalue weighted by atomic mass is 19.1. The third-order valence-electron chi connectivity index (χ3n) is 4.90. The summed E-state index contributed by atoms with van der Waals surface area (Å²) in [4.78, 5) is 36.6. The lowest BCUT2D eigenvalue weighted by atomic mass is 10.3. The van der Waals surface area contributed by atoms with Crippen molar-refractivity contribution in [1.29, 1.82) is 0 Å². The van der Waals surface area contributed by atoms with Crippen LogP contribution in [-0.4, -0.2) is 41.9 Å². The van der Waals surface area contributed by atoms with Gasteiger partial charge in [0.2, 0.25) is 5.82 Å². The van der Waals surface area contributed by atoms with E-state index in [0.29, 0.717) is 29.0 Å². The van der Waals surface area contributed by atoms with Gasteiger partial charge in [-0.2, -0.15) is 5.10 Å². The molecule has 180 valence electrons. The molecule has 4 rings (SSSR count). The highest BCUT2D eigenvalue weighted by Gasteiger charge is 2.16. The van der Waals surface area contributed by atoms with E-state index in [1.165, 1.54) is 21.5 Å². The van der Waals surface area contributed by atoms with Gasteiger partial charge in [-0.25, -0.2) is 28.2 Å². The Hall–Kier alpha value is -4.48. The number of hydrogen-bond acceptors (Lipinski definition) is 8. The number of aryl methyl sites for hydroxylation is 2. The molecule has 0 aliphatic heterocycles. The first-order chi connectivity index (χ1) is 16.8. The molecule has 0 aliphatic rings. The van der Waals surface area contributed by atoms with Gasteiger partial charge in [-0.3, -0.25) is 14.3 Å². The quantitative estimate of drug-likeness (QED) is 0.370. The molecule has 0 radical (unpaired) electrons. The van der Waals surface area contributed by atoms with Gasteiger partial charge in [-0.05, 0) is 20.8 Å². The SMILES string of the molecule is CCOC(=O)c1nccc(-n2cc(-n3c(C)cc(OCc4ncc(F)cc4F)cc3=O)c(C)n2)n1. The molecule has 0 amide bonds. The Bertz CT molecular complexity index is 1470. The number of rotatable bonds is 7. The van der Waals surface area contributed by atoms with Crippen LogP contribution in [0.25, 0.3) is 11.5 Å². The van der Waals surface area contributed by atoms with Crippen LogP contribution in [0.5, 0.6) is 5.75 Å². The molecule has 4 aromatic rings. The maximum absolute atomic E-state index is 13.8. The van der Waals surface area contributed by atoms with Gasteiger partial charge in [-0.1, -0.05) is 0 Å². The molecule has 0 spiro atoms. The van der Waals surface area contributed by atoms with Crippen molar-refractivity contribution < 1.29 is 23.0 Å². The highest BCUT2D eigenvalue weighted by molar-refractivity contribution is 5.85. The summed E-state index contributed by atoms with van der Waals surface area (Å²) >= 11 is 0. The number of nitrogens with zero attached hydrogens (tertiary/aromatic N) is 6. The van der Waals surface area contributed by atoms with E-state index >= 15 is 0 Å². The van der Waals surface area contributed by atoms with E-state index in [0.717, 1.165) is 6.20 Å². The molecule has 10 nitrogen and oxygen atoms in total. The van der Waals surface area contributed by atoms with E-state index < -0.39 is 23.2 Å². The molecule has 0 N–H and O–H groups in total. The molecule has 35 heavy (non-hydrogen) atoms. The molecule has 0 saturated heterocycles. The first-order valence-electron chi connectivity index (χ1n) is 10.5. The molecular formula is C23H20F2N6O4. The summed E-state index contributed by atoms with van der Waals surface area (Å²) in [5.74, 6) is -1.88. The van der Waals surface area contributed by atoms with Crippen molar-refractivity contribution >= 4 is 5.97 Å². The first kappa shape index (κ1) is 23.7. The van der Waals surface area contributed by atoms with Crippen LogP contribution in [0.1, 0.15) is 34.6 Å². The molecule has 4 heterocycles. The molecule has 0 unspecified atom stereocenters. The van der Waals surface area contributed by atoms with Gasteiger partial charge in [0.1, 0.15) is 23.9 Å². The Morgan fingerprint density at radius 3 is 2.66 bits per heavy atom.